The average molecular weight is 469 g/mol. The molecule has 1 N–H and O–H groups in total. The summed E-state index contributed by atoms with van der Waals surface area (Å²) in [6.07, 6.45) is 1.45. The van der Waals surface area contributed by atoms with Crippen LogP contribution in [-0.4, -0.2) is 27.8 Å². The summed E-state index contributed by atoms with van der Waals surface area (Å²) in [6.45, 7) is 4.28. The Morgan fingerprint density at radius 2 is 2.03 bits per heavy atom. The largest absolute Gasteiger partial charge is 0.489 e. The summed E-state index contributed by atoms with van der Waals surface area (Å²) in [5.74, 6) is 0.773. The predicted octanol–water partition coefficient (Wildman–Crippen LogP) is 4.39. The van der Waals surface area contributed by atoms with E-state index < -0.39 is 12.0 Å². The number of nitrogens with one attached hydrogen (secondary N) is 1. The minimum atomic E-state index is -0.541. The summed E-state index contributed by atoms with van der Waals surface area (Å²) in [4.78, 5) is 16.9. The summed E-state index contributed by atoms with van der Waals surface area (Å²) in [5, 5.41) is 7.47. The number of carbonyl (C=O) groups excluding carboxylic acids is 1. The molecule has 2 heterocycles. The number of hydrogen-bond donors (Lipinski definition) is 1. The van der Waals surface area contributed by atoms with E-state index in [2.05, 4.69) is 44.3 Å². The van der Waals surface area contributed by atoms with Crippen LogP contribution >= 0.6 is 15.9 Å². The second-order valence-electron chi connectivity index (χ2n) is 6.98. The molecule has 0 saturated heterocycles. The molecule has 2 aromatic carbocycles. The average Bonchev–Trinajstić information content (AvgIpc) is 3.20. The van der Waals surface area contributed by atoms with Crippen molar-refractivity contribution < 1.29 is 14.3 Å². The van der Waals surface area contributed by atoms with Crippen LogP contribution in [0.5, 0.6) is 5.75 Å². The molecule has 1 atom stereocenters. The van der Waals surface area contributed by atoms with E-state index >= 15 is 0 Å². The number of hydrogen-bond acceptors (Lipinski definition) is 6. The fourth-order valence-electron chi connectivity index (χ4n) is 3.54. The van der Waals surface area contributed by atoms with Crippen molar-refractivity contribution >= 4 is 27.8 Å². The van der Waals surface area contributed by atoms with Crippen molar-refractivity contribution in [3.8, 4) is 5.75 Å². The number of aromatic nitrogens is 3. The van der Waals surface area contributed by atoms with Crippen molar-refractivity contribution in [3.05, 3.63) is 81.2 Å². The molecule has 0 saturated carbocycles. The molecule has 3 aromatic rings. The third-order valence-electron chi connectivity index (χ3n) is 5.11. The molecule has 8 heteroatoms. The first-order valence-electron chi connectivity index (χ1n) is 9.42. The van der Waals surface area contributed by atoms with Crippen LogP contribution in [0.15, 0.2) is 64.5 Å². The first-order valence-corrected chi connectivity index (χ1v) is 10.2. The number of nitrogens with zero attached hydrogens (tertiary/aromatic N) is 3. The topological polar surface area (TPSA) is 78.3 Å². The highest BCUT2D eigenvalue weighted by molar-refractivity contribution is 9.10. The highest BCUT2D eigenvalue weighted by atomic mass is 79.9. The fourth-order valence-corrected chi connectivity index (χ4v) is 3.92. The standard InChI is InChI=1S/C22H21BrN4O3/c1-13-6-4-5-7-15(13)11-30-18-9-8-16(23)10-17(18)20-19(21(28)29-3)14(2)26-22-24-12-25-27(20)22/h4-10,12,20H,11H2,1-3H3,(H,24,25,26). The van der Waals surface area contributed by atoms with Crippen LogP contribution in [0.3, 0.4) is 0 Å². The number of anilines is 1. The Hall–Kier alpha value is -3.13. The lowest BCUT2D eigenvalue weighted by Gasteiger charge is -2.29. The maximum absolute atomic E-state index is 12.7. The molecule has 0 spiro atoms. The van der Waals surface area contributed by atoms with Gasteiger partial charge >= 0.3 is 5.97 Å². The highest BCUT2D eigenvalue weighted by Gasteiger charge is 2.36. The van der Waals surface area contributed by atoms with Gasteiger partial charge in [0.15, 0.2) is 0 Å². The third kappa shape index (κ3) is 3.70. The summed E-state index contributed by atoms with van der Waals surface area (Å²) in [7, 11) is 1.37. The molecule has 1 unspecified atom stereocenters. The van der Waals surface area contributed by atoms with E-state index in [1.54, 1.807) is 4.68 Å². The Morgan fingerprint density at radius 1 is 1.23 bits per heavy atom. The number of rotatable bonds is 5. The van der Waals surface area contributed by atoms with Crippen molar-refractivity contribution in [2.75, 3.05) is 12.4 Å². The third-order valence-corrected chi connectivity index (χ3v) is 5.60. The number of esters is 1. The van der Waals surface area contributed by atoms with E-state index in [1.165, 1.54) is 13.4 Å². The Balaban J connectivity index is 1.80. The van der Waals surface area contributed by atoms with Gasteiger partial charge in [-0.25, -0.2) is 9.48 Å². The fraction of sp³-hybridized carbons (Fsp3) is 0.227. The molecule has 4 rings (SSSR count). The molecule has 0 radical (unpaired) electrons. The zero-order chi connectivity index (χ0) is 21.3. The molecule has 1 aromatic heterocycles. The monoisotopic (exact) mass is 468 g/mol. The summed E-state index contributed by atoms with van der Waals surface area (Å²) < 4.78 is 13.8. The lowest BCUT2D eigenvalue weighted by molar-refractivity contribution is -0.136. The van der Waals surface area contributed by atoms with E-state index in [1.807, 2.05) is 43.3 Å². The summed E-state index contributed by atoms with van der Waals surface area (Å²) in [6, 6.07) is 13.3. The number of halogens is 1. The van der Waals surface area contributed by atoms with Crippen molar-refractivity contribution in [1.82, 2.24) is 14.8 Å². The number of carbonyl (C=O) groups is 1. The van der Waals surface area contributed by atoms with Gasteiger partial charge in [0.1, 0.15) is 24.7 Å². The number of aryl methyl sites for hydroxylation is 1. The Labute approximate surface area is 182 Å². The van der Waals surface area contributed by atoms with E-state index in [9.17, 15) is 4.79 Å². The first-order chi connectivity index (χ1) is 14.5. The van der Waals surface area contributed by atoms with Gasteiger partial charge in [0.25, 0.3) is 0 Å². The first kappa shape index (κ1) is 20.2. The molecule has 0 amide bonds. The van der Waals surface area contributed by atoms with Crippen LogP contribution in [-0.2, 0) is 16.1 Å². The minimum absolute atomic E-state index is 0.409. The van der Waals surface area contributed by atoms with Crippen LogP contribution < -0.4 is 10.1 Å². The molecule has 0 aliphatic carbocycles. The van der Waals surface area contributed by atoms with Crippen LogP contribution in [0, 0.1) is 6.92 Å². The van der Waals surface area contributed by atoms with Crippen molar-refractivity contribution in [1.29, 1.82) is 0 Å². The zero-order valence-corrected chi connectivity index (χ0v) is 18.4. The van der Waals surface area contributed by atoms with Gasteiger partial charge in [0.05, 0.1) is 12.7 Å². The van der Waals surface area contributed by atoms with Crippen LogP contribution in [0.2, 0.25) is 0 Å². The molecule has 7 nitrogen and oxygen atoms in total. The minimum Gasteiger partial charge on any atom is -0.489 e. The molecular formula is C22H21BrN4O3. The number of benzene rings is 2. The van der Waals surface area contributed by atoms with Gasteiger partial charge in [-0.1, -0.05) is 40.2 Å². The van der Waals surface area contributed by atoms with E-state index in [0.717, 1.165) is 21.2 Å². The highest BCUT2D eigenvalue weighted by Crippen LogP contribution is 2.40. The maximum Gasteiger partial charge on any atom is 0.338 e. The maximum atomic E-state index is 12.7. The molecule has 0 bridgehead atoms. The van der Waals surface area contributed by atoms with Crippen molar-refractivity contribution in [2.24, 2.45) is 0 Å². The quantitative estimate of drug-likeness (QED) is 0.559. The van der Waals surface area contributed by atoms with Gasteiger partial charge in [-0.3, -0.25) is 0 Å². The smallest absolute Gasteiger partial charge is 0.338 e. The van der Waals surface area contributed by atoms with Crippen molar-refractivity contribution in [3.63, 3.8) is 0 Å². The van der Waals surface area contributed by atoms with Crippen LogP contribution in [0.25, 0.3) is 0 Å². The summed E-state index contributed by atoms with van der Waals surface area (Å²) in [5.41, 5.74) is 4.15. The molecule has 0 fully saturated rings. The molecule has 1 aliphatic rings. The Morgan fingerprint density at radius 3 is 2.80 bits per heavy atom. The second-order valence-corrected chi connectivity index (χ2v) is 7.90. The molecule has 154 valence electrons. The predicted molar refractivity (Wildman–Crippen MR) is 116 cm³/mol. The Bertz CT molecular complexity index is 1140. The number of fused-ring (bicyclic) bond motifs is 1. The molecular weight excluding hydrogens is 448 g/mol. The lowest BCUT2D eigenvalue weighted by Crippen LogP contribution is -2.29. The second kappa shape index (κ2) is 8.31. The van der Waals surface area contributed by atoms with Gasteiger partial charge in [-0.15, -0.1) is 0 Å². The molecule has 1 aliphatic heterocycles. The van der Waals surface area contributed by atoms with Gasteiger partial charge in [0.2, 0.25) is 5.95 Å². The summed E-state index contributed by atoms with van der Waals surface area (Å²) >= 11 is 3.54. The Kier molecular flexibility index (Phi) is 5.59. The lowest BCUT2D eigenvalue weighted by atomic mass is 9.95. The number of ether oxygens (including phenoxy) is 2. The SMILES string of the molecule is COC(=O)C1=C(C)Nc2ncnn2C1c1cc(Br)ccc1OCc1ccccc1C. The number of allylic oxidation sites excluding steroid dienone is 1. The van der Waals surface area contributed by atoms with Gasteiger partial charge in [-0.05, 0) is 43.2 Å². The van der Waals surface area contributed by atoms with Gasteiger partial charge in [0, 0.05) is 15.7 Å². The molecule has 30 heavy (non-hydrogen) atoms. The zero-order valence-electron chi connectivity index (χ0n) is 16.8. The van der Waals surface area contributed by atoms with Crippen LogP contribution in [0.4, 0.5) is 5.95 Å². The van der Waals surface area contributed by atoms with Gasteiger partial charge in [-0.2, -0.15) is 10.1 Å². The van der Waals surface area contributed by atoms with E-state index in [-0.39, 0.29) is 0 Å². The number of methoxy groups -OCH3 is 1. The van der Waals surface area contributed by atoms with Crippen molar-refractivity contribution in [2.45, 2.75) is 26.5 Å². The van der Waals surface area contributed by atoms with E-state index in [0.29, 0.717) is 29.6 Å². The normalized spacial score (nSPS) is 15.4. The van der Waals surface area contributed by atoms with Crippen LogP contribution in [0.1, 0.15) is 29.7 Å². The van der Waals surface area contributed by atoms with E-state index in [4.69, 9.17) is 9.47 Å². The van der Waals surface area contributed by atoms with Gasteiger partial charge < -0.3 is 14.8 Å².